The summed E-state index contributed by atoms with van der Waals surface area (Å²) in [6.07, 6.45) is 1.69. The highest BCUT2D eigenvalue weighted by atomic mass is 16.5. The molecule has 3 rings (SSSR count). The maximum absolute atomic E-state index is 5.24. The highest BCUT2D eigenvalue weighted by Crippen LogP contribution is 2.28. The summed E-state index contributed by atoms with van der Waals surface area (Å²) in [7, 11) is 3.24. The van der Waals surface area contributed by atoms with Gasteiger partial charge in [0.2, 0.25) is 5.88 Å². The third-order valence-corrected chi connectivity index (χ3v) is 2.91. The zero-order valence-electron chi connectivity index (χ0n) is 10.7. The number of imidazole rings is 1. The number of rotatable bonds is 3. The molecule has 0 amide bonds. The van der Waals surface area contributed by atoms with E-state index in [9.17, 15) is 0 Å². The van der Waals surface area contributed by atoms with Gasteiger partial charge in [-0.2, -0.15) is 0 Å². The van der Waals surface area contributed by atoms with Crippen LogP contribution in [0.25, 0.3) is 22.4 Å². The summed E-state index contributed by atoms with van der Waals surface area (Å²) < 4.78 is 10.4. The maximum atomic E-state index is 5.24. The SMILES string of the molecule is COc1ccc2nc(-c3cccnc3OC)[nH]c2c1. The van der Waals surface area contributed by atoms with Gasteiger partial charge in [0.25, 0.3) is 0 Å². The van der Waals surface area contributed by atoms with Crippen LogP contribution in [0.2, 0.25) is 0 Å². The van der Waals surface area contributed by atoms with Gasteiger partial charge in [-0.05, 0) is 24.3 Å². The second-order valence-corrected chi connectivity index (χ2v) is 4.03. The molecule has 0 unspecified atom stereocenters. The van der Waals surface area contributed by atoms with Crippen LogP contribution >= 0.6 is 0 Å². The Hall–Kier alpha value is -2.56. The maximum Gasteiger partial charge on any atom is 0.224 e. The molecule has 0 aliphatic rings. The molecule has 0 atom stereocenters. The van der Waals surface area contributed by atoms with Crippen molar-refractivity contribution in [2.24, 2.45) is 0 Å². The van der Waals surface area contributed by atoms with Crippen LogP contribution < -0.4 is 9.47 Å². The average Bonchev–Trinajstić information content (AvgIpc) is 2.89. The first kappa shape index (κ1) is 11.5. The van der Waals surface area contributed by atoms with Crippen molar-refractivity contribution >= 4 is 11.0 Å². The van der Waals surface area contributed by atoms with Gasteiger partial charge in [-0.15, -0.1) is 0 Å². The topological polar surface area (TPSA) is 60.0 Å². The van der Waals surface area contributed by atoms with E-state index in [1.165, 1.54) is 0 Å². The van der Waals surface area contributed by atoms with Crippen molar-refractivity contribution in [2.45, 2.75) is 0 Å². The zero-order valence-corrected chi connectivity index (χ0v) is 10.7. The van der Waals surface area contributed by atoms with Crippen LogP contribution in [-0.2, 0) is 0 Å². The van der Waals surface area contributed by atoms with E-state index in [0.717, 1.165) is 28.2 Å². The third kappa shape index (κ3) is 1.99. The van der Waals surface area contributed by atoms with E-state index in [2.05, 4.69) is 15.0 Å². The first-order valence-corrected chi connectivity index (χ1v) is 5.85. The van der Waals surface area contributed by atoms with E-state index in [0.29, 0.717) is 5.88 Å². The highest BCUT2D eigenvalue weighted by Gasteiger charge is 2.11. The van der Waals surface area contributed by atoms with Gasteiger partial charge in [0, 0.05) is 12.3 Å². The standard InChI is InChI=1S/C14H13N3O2/c1-18-9-5-6-11-12(8-9)17-13(16-11)10-4-3-7-15-14(10)19-2/h3-8H,1-2H3,(H,16,17). The van der Waals surface area contributed by atoms with Crippen molar-refractivity contribution in [3.05, 3.63) is 36.5 Å². The van der Waals surface area contributed by atoms with E-state index < -0.39 is 0 Å². The van der Waals surface area contributed by atoms with E-state index in [1.54, 1.807) is 20.4 Å². The lowest BCUT2D eigenvalue weighted by Gasteiger charge is -2.03. The number of hydrogen-bond acceptors (Lipinski definition) is 4. The van der Waals surface area contributed by atoms with E-state index in [4.69, 9.17) is 9.47 Å². The quantitative estimate of drug-likeness (QED) is 0.781. The molecule has 3 aromatic rings. The molecule has 0 radical (unpaired) electrons. The summed E-state index contributed by atoms with van der Waals surface area (Å²) in [6, 6.07) is 9.48. The fraction of sp³-hybridized carbons (Fsp3) is 0.143. The minimum absolute atomic E-state index is 0.550. The minimum atomic E-state index is 0.550. The van der Waals surface area contributed by atoms with Gasteiger partial charge in [0.1, 0.15) is 11.6 Å². The molecule has 96 valence electrons. The smallest absolute Gasteiger partial charge is 0.224 e. The van der Waals surface area contributed by atoms with Crippen molar-refractivity contribution in [1.29, 1.82) is 0 Å². The number of hydrogen-bond donors (Lipinski definition) is 1. The Morgan fingerprint density at radius 2 is 2.00 bits per heavy atom. The number of benzene rings is 1. The van der Waals surface area contributed by atoms with Gasteiger partial charge in [-0.1, -0.05) is 0 Å². The molecular formula is C14H13N3O2. The second kappa shape index (κ2) is 4.61. The predicted molar refractivity (Wildman–Crippen MR) is 72.4 cm³/mol. The number of H-pyrrole nitrogens is 1. The van der Waals surface area contributed by atoms with Crippen LogP contribution in [0, 0.1) is 0 Å². The van der Waals surface area contributed by atoms with Crippen molar-refractivity contribution < 1.29 is 9.47 Å². The number of nitrogens with zero attached hydrogens (tertiary/aromatic N) is 2. The van der Waals surface area contributed by atoms with Gasteiger partial charge in [0.15, 0.2) is 0 Å². The number of methoxy groups -OCH3 is 2. The number of aromatic amines is 1. The number of nitrogens with one attached hydrogen (secondary N) is 1. The molecule has 0 aliphatic heterocycles. The Balaban J connectivity index is 2.15. The average molecular weight is 255 g/mol. The lowest BCUT2D eigenvalue weighted by Crippen LogP contribution is -1.91. The third-order valence-electron chi connectivity index (χ3n) is 2.91. The summed E-state index contributed by atoms with van der Waals surface area (Å²) in [5.74, 6) is 2.07. The van der Waals surface area contributed by atoms with Gasteiger partial charge in [-0.3, -0.25) is 0 Å². The molecule has 1 N–H and O–H groups in total. The molecule has 2 aromatic heterocycles. The summed E-state index contributed by atoms with van der Waals surface area (Å²) in [5, 5.41) is 0. The number of pyridine rings is 1. The molecule has 0 spiro atoms. The van der Waals surface area contributed by atoms with Crippen LogP contribution in [0.4, 0.5) is 0 Å². The molecule has 0 fully saturated rings. The highest BCUT2D eigenvalue weighted by molar-refractivity contribution is 5.81. The molecule has 5 nitrogen and oxygen atoms in total. The van der Waals surface area contributed by atoms with E-state index in [-0.39, 0.29) is 0 Å². The van der Waals surface area contributed by atoms with Crippen LogP contribution in [0.3, 0.4) is 0 Å². The molecular weight excluding hydrogens is 242 g/mol. The molecule has 0 bridgehead atoms. The van der Waals surface area contributed by atoms with E-state index in [1.807, 2.05) is 30.3 Å². The molecule has 0 aliphatic carbocycles. The second-order valence-electron chi connectivity index (χ2n) is 4.03. The Morgan fingerprint density at radius 1 is 1.11 bits per heavy atom. The molecule has 0 saturated carbocycles. The van der Waals surface area contributed by atoms with Gasteiger partial charge in [-0.25, -0.2) is 9.97 Å². The number of fused-ring (bicyclic) bond motifs is 1. The largest absolute Gasteiger partial charge is 0.497 e. The molecule has 0 saturated heterocycles. The summed E-state index contributed by atoms with van der Waals surface area (Å²) >= 11 is 0. The van der Waals surface area contributed by atoms with Gasteiger partial charge in [0.05, 0.1) is 30.8 Å². The molecule has 1 aromatic carbocycles. The number of aromatic nitrogens is 3. The van der Waals surface area contributed by atoms with Crippen molar-refractivity contribution in [2.75, 3.05) is 14.2 Å². The molecule has 5 heteroatoms. The van der Waals surface area contributed by atoms with Gasteiger partial charge >= 0.3 is 0 Å². The number of ether oxygens (including phenoxy) is 2. The van der Waals surface area contributed by atoms with Crippen LogP contribution in [-0.4, -0.2) is 29.2 Å². The fourth-order valence-corrected chi connectivity index (χ4v) is 1.98. The normalized spacial score (nSPS) is 10.6. The van der Waals surface area contributed by atoms with Crippen LogP contribution in [0.15, 0.2) is 36.5 Å². The fourth-order valence-electron chi connectivity index (χ4n) is 1.98. The van der Waals surface area contributed by atoms with Crippen molar-refractivity contribution in [1.82, 2.24) is 15.0 Å². The monoisotopic (exact) mass is 255 g/mol. The lowest BCUT2D eigenvalue weighted by molar-refractivity contribution is 0.399. The first-order valence-electron chi connectivity index (χ1n) is 5.85. The summed E-state index contributed by atoms with van der Waals surface area (Å²) in [4.78, 5) is 12.0. The van der Waals surface area contributed by atoms with E-state index >= 15 is 0 Å². The first-order chi connectivity index (χ1) is 9.31. The minimum Gasteiger partial charge on any atom is -0.497 e. The lowest BCUT2D eigenvalue weighted by atomic mass is 10.2. The Bertz CT molecular complexity index is 722. The Kier molecular flexibility index (Phi) is 2.79. The van der Waals surface area contributed by atoms with Crippen molar-refractivity contribution in [3.8, 4) is 23.0 Å². The predicted octanol–water partition coefficient (Wildman–Crippen LogP) is 2.64. The van der Waals surface area contributed by atoms with Crippen LogP contribution in [0.1, 0.15) is 0 Å². The molecule has 19 heavy (non-hydrogen) atoms. The molecule has 2 heterocycles. The van der Waals surface area contributed by atoms with Gasteiger partial charge < -0.3 is 14.5 Å². The zero-order chi connectivity index (χ0) is 13.2. The Morgan fingerprint density at radius 3 is 2.79 bits per heavy atom. The summed E-state index contributed by atoms with van der Waals surface area (Å²) in [6.45, 7) is 0. The van der Waals surface area contributed by atoms with Crippen molar-refractivity contribution in [3.63, 3.8) is 0 Å². The van der Waals surface area contributed by atoms with Crippen LogP contribution in [0.5, 0.6) is 11.6 Å². The Labute approximate surface area is 110 Å². The summed E-state index contributed by atoms with van der Waals surface area (Å²) in [5.41, 5.74) is 2.63.